The van der Waals surface area contributed by atoms with Gasteiger partial charge in [-0.05, 0) is 41.8 Å². The highest BCUT2D eigenvalue weighted by atomic mass is 32.1. The molecule has 1 aliphatic rings. The Bertz CT molecular complexity index is 916. The van der Waals surface area contributed by atoms with Gasteiger partial charge < -0.3 is 4.90 Å². The van der Waals surface area contributed by atoms with Gasteiger partial charge in [0.05, 0.1) is 0 Å². The van der Waals surface area contributed by atoms with Gasteiger partial charge in [0.15, 0.2) is 0 Å². The van der Waals surface area contributed by atoms with E-state index in [1.165, 1.54) is 0 Å². The lowest BCUT2D eigenvalue weighted by molar-refractivity contribution is 0.0816. The summed E-state index contributed by atoms with van der Waals surface area (Å²) in [7, 11) is 1.83. The fourth-order valence-corrected chi connectivity index (χ4v) is 3.58. The predicted octanol–water partition coefficient (Wildman–Crippen LogP) is 3.77. The van der Waals surface area contributed by atoms with Crippen LogP contribution in [0.5, 0.6) is 0 Å². The Balaban J connectivity index is 1.75. The Morgan fingerprint density at radius 2 is 1.83 bits per heavy atom. The van der Waals surface area contributed by atoms with E-state index in [4.69, 9.17) is 0 Å². The molecule has 0 fully saturated rings. The number of carbonyl (C=O) groups is 1. The first-order chi connectivity index (χ1) is 11.1. The number of hydrogen-bond acceptors (Lipinski definition) is 4. The lowest BCUT2D eigenvalue weighted by atomic mass is 9.99. The van der Waals surface area contributed by atoms with Gasteiger partial charge in [0.2, 0.25) is 0 Å². The minimum absolute atomic E-state index is 0.102. The third-order valence-electron chi connectivity index (χ3n) is 4.06. The Labute approximate surface area is 138 Å². The highest BCUT2D eigenvalue weighted by molar-refractivity contribution is 7.14. The van der Waals surface area contributed by atoms with E-state index in [9.17, 15) is 4.79 Å². The van der Waals surface area contributed by atoms with E-state index in [0.29, 0.717) is 6.54 Å². The largest absolute Gasteiger partial charge is 0.337 e. The number of rotatable bonds is 2. The summed E-state index contributed by atoms with van der Waals surface area (Å²) in [4.78, 5) is 13.7. The predicted molar refractivity (Wildman–Crippen MR) is 91.3 cm³/mol. The summed E-state index contributed by atoms with van der Waals surface area (Å²) in [6.07, 6.45) is 0. The normalized spacial score (nSPS) is 13.5. The molecule has 0 aliphatic carbocycles. The zero-order valence-corrected chi connectivity index (χ0v) is 13.7. The summed E-state index contributed by atoms with van der Waals surface area (Å²) >= 11 is 1.59. The fraction of sp³-hybridized carbons (Fsp3) is 0.167. The van der Waals surface area contributed by atoms with Crippen molar-refractivity contribution in [2.75, 3.05) is 7.05 Å². The molecule has 1 aliphatic heterocycles. The van der Waals surface area contributed by atoms with Crippen LogP contribution in [0.1, 0.15) is 20.9 Å². The molecule has 0 saturated heterocycles. The molecular formula is C18H15N3OS. The van der Waals surface area contributed by atoms with Crippen LogP contribution >= 0.6 is 11.3 Å². The van der Waals surface area contributed by atoms with Crippen LogP contribution in [0.15, 0.2) is 42.5 Å². The molecule has 4 nitrogen and oxygen atoms in total. The molecule has 0 saturated carbocycles. The van der Waals surface area contributed by atoms with Crippen LogP contribution in [0.3, 0.4) is 0 Å². The van der Waals surface area contributed by atoms with E-state index in [0.717, 1.165) is 37.8 Å². The molecule has 0 atom stereocenters. The molecule has 1 amide bonds. The first-order valence-corrected chi connectivity index (χ1v) is 8.23. The average molecular weight is 321 g/mol. The summed E-state index contributed by atoms with van der Waals surface area (Å²) in [5.74, 6) is 0.102. The number of aromatic nitrogens is 2. The summed E-state index contributed by atoms with van der Waals surface area (Å²) < 4.78 is 0. The Morgan fingerprint density at radius 1 is 1.04 bits per heavy atom. The number of nitrogens with zero attached hydrogens (tertiary/aromatic N) is 3. The van der Waals surface area contributed by atoms with Crippen molar-refractivity contribution in [3.63, 3.8) is 0 Å². The van der Waals surface area contributed by atoms with Gasteiger partial charge in [-0.25, -0.2) is 0 Å². The maximum absolute atomic E-state index is 12.0. The molecule has 5 heteroatoms. The van der Waals surface area contributed by atoms with Gasteiger partial charge >= 0.3 is 0 Å². The second-order valence-corrected chi connectivity index (χ2v) is 6.92. The van der Waals surface area contributed by atoms with E-state index in [-0.39, 0.29) is 5.91 Å². The van der Waals surface area contributed by atoms with E-state index < -0.39 is 0 Å². The van der Waals surface area contributed by atoms with Gasteiger partial charge in [-0.2, -0.15) is 0 Å². The molecule has 2 heterocycles. The van der Waals surface area contributed by atoms with Crippen molar-refractivity contribution in [2.45, 2.75) is 13.5 Å². The lowest BCUT2D eigenvalue weighted by Gasteiger charge is -2.06. The van der Waals surface area contributed by atoms with Gasteiger partial charge in [0, 0.05) is 24.7 Å². The Morgan fingerprint density at radius 3 is 2.61 bits per heavy atom. The van der Waals surface area contributed by atoms with Crippen molar-refractivity contribution in [1.82, 2.24) is 15.1 Å². The number of aryl methyl sites for hydroxylation is 1. The fourth-order valence-electron chi connectivity index (χ4n) is 2.89. The summed E-state index contributed by atoms with van der Waals surface area (Å²) in [6.45, 7) is 2.64. The lowest BCUT2D eigenvalue weighted by Crippen LogP contribution is -2.17. The molecule has 2 aromatic carbocycles. The summed E-state index contributed by atoms with van der Waals surface area (Å²) in [5.41, 5.74) is 5.22. The van der Waals surface area contributed by atoms with E-state index in [1.54, 1.807) is 16.2 Å². The minimum Gasteiger partial charge on any atom is -0.337 e. The van der Waals surface area contributed by atoms with Crippen molar-refractivity contribution in [3.05, 3.63) is 58.6 Å². The molecule has 0 spiro atoms. The van der Waals surface area contributed by atoms with Gasteiger partial charge in [-0.15, -0.1) is 10.2 Å². The van der Waals surface area contributed by atoms with E-state index in [1.807, 2.05) is 38.2 Å². The maximum Gasteiger partial charge on any atom is 0.254 e. The number of hydrogen-bond donors (Lipinski definition) is 0. The highest BCUT2D eigenvalue weighted by Gasteiger charge is 2.24. The van der Waals surface area contributed by atoms with Crippen molar-refractivity contribution >= 4 is 17.2 Å². The third-order valence-corrected chi connectivity index (χ3v) is 4.95. The number of carbonyl (C=O) groups excluding carboxylic acids is 1. The maximum atomic E-state index is 12.0. The molecule has 114 valence electrons. The molecule has 1 aromatic heterocycles. The highest BCUT2D eigenvalue weighted by Crippen LogP contribution is 2.31. The van der Waals surface area contributed by atoms with Crippen molar-refractivity contribution < 1.29 is 4.79 Å². The molecule has 0 radical (unpaired) electrons. The first kappa shape index (κ1) is 14.1. The smallest absolute Gasteiger partial charge is 0.254 e. The second-order valence-electron chi connectivity index (χ2n) is 5.74. The van der Waals surface area contributed by atoms with Crippen molar-refractivity contribution in [2.24, 2.45) is 0 Å². The van der Waals surface area contributed by atoms with Gasteiger partial charge in [0.25, 0.3) is 5.91 Å². The molecule has 0 N–H and O–H groups in total. The van der Waals surface area contributed by atoms with Crippen LogP contribution in [0, 0.1) is 6.92 Å². The minimum atomic E-state index is 0.102. The molecule has 0 bridgehead atoms. The van der Waals surface area contributed by atoms with Crippen LogP contribution < -0.4 is 0 Å². The van der Waals surface area contributed by atoms with Crippen LogP contribution in [-0.4, -0.2) is 28.1 Å². The SMILES string of the molecule is Cc1nnc(-c2cccc(-c3ccc4c(c3)CN(C)C4=O)c2)s1. The Kier molecular flexibility index (Phi) is 3.23. The van der Waals surface area contributed by atoms with Gasteiger partial charge in [-0.1, -0.05) is 35.6 Å². The quantitative estimate of drug-likeness (QED) is 0.722. The standard InChI is InChI=1S/C18H15N3OS/c1-11-19-20-17(23-11)14-5-3-4-12(8-14)13-6-7-16-15(9-13)10-21(2)18(16)22/h3-9H,10H2,1-2H3. The number of fused-ring (bicyclic) bond motifs is 1. The molecular weight excluding hydrogens is 306 g/mol. The first-order valence-electron chi connectivity index (χ1n) is 7.41. The topological polar surface area (TPSA) is 46.1 Å². The van der Waals surface area contributed by atoms with Crippen LogP contribution in [-0.2, 0) is 6.54 Å². The number of amides is 1. The number of benzene rings is 2. The van der Waals surface area contributed by atoms with E-state index in [2.05, 4.69) is 28.4 Å². The van der Waals surface area contributed by atoms with E-state index >= 15 is 0 Å². The van der Waals surface area contributed by atoms with Gasteiger partial charge in [-0.3, -0.25) is 4.79 Å². The zero-order valence-electron chi connectivity index (χ0n) is 12.9. The van der Waals surface area contributed by atoms with Gasteiger partial charge in [0.1, 0.15) is 10.0 Å². The second kappa shape index (κ2) is 5.28. The Hall–Kier alpha value is -2.53. The van der Waals surface area contributed by atoms with Crippen LogP contribution in [0.2, 0.25) is 0 Å². The van der Waals surface area contributed by atoms with Crippen LogP contribution in [0.25, 0.3) is 21.7 Å². The molecule has 4 rings (SSSR count). The monoisotopic (exact) mass is 321 g/mol. The molecule has 3 aromatic rings. The van der Waals surface area contributed by atoms with Crippen molar-refractivity contribution in [1.29, 1.82) is 0 Å². The summed E-state index contributed by atoms with van der Waals surface area (Å²) in [6, 6.07) is 14.3. The average Bonchev–Trinajstić information content (AvgIpc) is 3.11. The van der Waals surface area contributed by atoms with Crippen molar-refractivity contribution in [3.8, 4) is 21.7 Å². The zero-order chi connectivity index (χ0) is 16.0. The summed E-state index contributed by atoms with van der Waals surface area (Å²) in [5, 5.41) is 10.2. The van der Waals surface area contributed by atoms with Crippen LogP contribution in [0.4, 0.5) is 0 Å². The third kappa shape index (κ3) is 2.43. The molecule has 23 heavy (non-hydrogen) atoms. The molecule has 0 unspecified atom stereocenters.